The summed E-state index contributed by atoms with van der Waals surface area (Å²) in [5.74, 6) is -0.327. The Morgan fingerprint density at radius 1 is 0.679 bits per heavy atom. The van der Waals surface area contributed by atoms with Gasteiger partial charge in [0.05, 0.1) is 11.1 Å². The van der Waals surface area contributed by atoms with Crippen LogP contribution in [-0.2, 0) is 0 Å². The van der Waals surface area contributed by atoms with Gasteiger partial charge in [-0.2, -0.15) is 0 Å². The Morgan fingerprint density at radius 3 is 1.57 bits per heavy atom. The third-order valence-electron chi connectivity index (χ3n) is 5.76. The first-order chi connectivity index (χ1) is 13.6. The number of amides is 2. The van der Waals surface area contributed by atoms with Crippen LogP contribution in [0.5, 0.6) is 0 Å². The molecule has 1 aliphatic rings. The van der Waals surface area contributed by atoms with Crippen LogP contribution < -0.4 is 10.4 Å². The van der Waals surface area contributed by atoms with Crippen LogP contribution in [0.3, 0.4) is 0 Å². The van der Waals surface area contributed by atoms with Gasteiger partial charge in [-0.25, -0.2) is 0 Å². The van der Waals surface area contributed by atoms with Crippen LogP contribution in [0, 0.1) is 0 Å². The maximum atomic E-state index is 12.6. The van der Waals surface area contributed by atoms with Crippen molar-refractivity contribution in [2.45, 2.75) is 19.0 Å². The molecule has 0 saturated heterocycles. The van der Waals surface area contributed by atoms with E-state index in [0.29, 0.717) is 17.7 Å². The van der Waals surface area contributed by atoms with Crippen LogP contribution in [0.4, 0.5) is 0 Å². The molecule has 0 N–H and O–H groups in total. The predicted octanol–water partition coefficient (Wildman–Crippen LogP) is 3.57. The van der Waals surface area contributed by atoms with Crippen LogP contribution in [0.15, 0.2) is 84.9 Å². The van der Waals surface area contributed by atoms with E-state index < -0.39 is 8.07 Å². The molecule has 4 heteroatoms. The Morgan fingerprint density at radius 2 is 1.11 bits per heavy atom. The first-order valence-corrected chi connectivity index (χ1v) is 12.4. The van der Waals surface area contributed by atoms with Crippen LogP contribution in [0.1, 0.15) is 27.1 Å². The molecule has 2 amide bonds. The lowest BCUT2D eigenvalue weighted by molar-refractivity contribution is 0.0654. The predicted molar refractivity (Wildman–Crippen MR) is 115 cm³/mol. The highest BCUT2D eigenvalue weighted by Crippen LogP contribution is 2.23. The van der Waals surface area contributed by atoms with Gasteiger partial charge in [-0.05, 0) is 24.6 Å². The van der Waals surface area contributed by atoms with Gasteiger partial charge in [-0.1, -0.05) is 89.7 Å². The molecule has 0 spiro atoms. The molecule has 1 heterocycles. The second-order valence-electron chi connectivity index (χ2n) is 7.48. The van der Waals surface area contributed by atoms with E-state index in [1.165, 1.54) is 15.3 Å². The molecule has 0 radical (unpaired) electrons. The fourth-order valence-electron chi connectivity index (χ4n) is 4.10. The summed E-state index contributed by atoms with van der Waals surface area (Å²) < 4.78 is 0. The smallest absolute Gasteiger partial charge is 0.261 e. The van der Waals surface area contributed by atoms with Crippen LogP contribution >= 0.6 is 0 Å². The van der Waals surface area contributed by atoms with Gasteiger partial charge in [-0.3, -0.25) is 14.5 Å². The van der Waals surface area contributed by atoms with Crippen molar-refractivity contribution >= 4 is 30.3 Å². The summed E-state index contributed by atoms with van der Waals surface area (Å²) in [6, 6.07) is 29.4. The third-order valence-corrected chi connectivity index (χ3v) is 10.3. The SMILES string of the molecule is C[Si](CCCN1C(=O)c2ccccc2C1=O)(c1ccccc1)c1ccccc1. The number of carbonyl (C=O) groups is 2. The van der Waals surface area contributed by atoms with E-state index in [9.17, 15) is 9.59 Å². The maximum Gasteiger partial charge on any atom is 0.261 e. The van der Waals surface area contributed by atoms with Crippen LogP contribution in [0.25, 0.3) is 0 Å². The van der Waals surface area contributed by atoms with Gasteiger partial charge < -0.3 is 0 Å². The lowest BCUT2D eigenvalue weighted by Gasteiger charge is -2.29. The van der Waals surface area contributed by atoms with E-state index >= 15 is 0 Å². The topological polar surface area (TPSA) is 37.4 Å². The van der Waals surface area contributed by atoms with Gasteiger partial charge in [0.2, 0.25) is 0 Å². The second-order valence-corrected chi connectivity index (χ2v) is 11.8. The van der Waals surface area contributed by atoms with Gasteiger partial charge in [0.25, 0.3) is 11.8 Å². The fourth-order valence-corrected chi connectivity index (χ4v) is 7.73. The standard InChI is InChI=1S/C24H23NO2Si/c1-28(19-11-4-2-5-12-19,20-13-6-3-7-14-20)18-10-17-25-23(26)21-15-8-9-16-22(21)24(25)27/h2-9,11-16H,10,17-18H2,1H3. The first-order valence-electron chi connectivity index (χ1n) is 9.67. The monoisotopic (exact) mass is 385 g/mol. The number of fused-ring (bicyclic) bond motifs is 1. The molecule has 0 aliphatic carbocycles. The summed E-state index contributed by atoms with van der Waals surface area (Å²) in [7, 11) is -1.95. The van der Waals surface area contributed by atoms with E-state index in [-0.39, 0.29) is 11.8 Å². The van der Waals surface area contributed by atoms with Gasteiger partial charge >= 0.3 is 0 Å². The third kappa shape index (κ3) is 3.20. The number of benzene rings is 3. The molecular formula is C24H23NO2Si. The quantitative estimate of drug-likeness (QED) is 0.481. The summed E-state index contributed by atoms with van der Waals surface area (Å²) in [4.78, 5) is 26.7. The molecule has 3 aromatic rings. The Kier molecular flexibility index (Phi) is 4.97. The van der Waals surface area contributed by atoms with Crippen LogP contribution in [0.2, 0.25) is 12.6 Å². The van der Waals surface area contributed by atoms with E-state index in [4.69, 9.17) is 0 Å². The minimum Gasteiger partial charge on any atom is -0.274 e. The maximum absolute atomic E-state index is 12.6. The van der Waals surface area contributed by atoms with Gasteiger partial charge in [-0.15, -0.1) is 0 Å². The highest BCUT2D eigenvalue weighted by Gasteiger charge is 2.36. The van der Waals surface area contributed by atoms with Crippen molar-refractivity contribution in [3.05, 3.63) is 96.1 Å². The van der Waals surface area contributed by atoms with E-state index in [0.717, 1.165) is 12.5 Å². The molecule has 3 nitrogen and oxygen atoms in total. The largest absolute Gasteiger partial charge is 0.274 e. The number of rotatable bonds is 6. The minimum atomic E-state index is -1.95. The molecule has 28 heavy (non-hydrogen) atoms. The average Bonchev–Trinajstić information content (AvgIpc) is 3.00. The molecule has 0 saturated carbocycles. The molecule has 140 valence electrons. The minimum absolute atomic E-state index is 0.164. The number of hydrogen-bond acceptors (Lipinski definition) is 2. The Balaban J connectivity index is 1.54. The zero-order valence-corrected chi connectivity index (χ0v) is 17.0. The zero-order chi connectivity index (χ0) is 19.6. The summed E-state index contributed by atoms with van der Waals surface area (Å²) in [5.41, 5.74) is 1.05. The molecule has 0 atom stereocenters. The van der Waals surface area contributed by atoms with Gasteiger partial charge in [0, 0.05) is 6.54 Å². The van der Waals surface area contributed by atoms with Crippen molar-refractivity contribution < 1.29 is 9.59 Å². The Bertz CT molecular complexity index is 927. The highest BCUT2D eigenvalue weighted by atomic mass is 28.3. The number of hydrogen-bond donors (Lipinski definition) is 0. The van der Waals surface area contributed by atoms with E-state index in [1.54, 1.807) is 12.1 Å². The summed E-state index contributed by atoms with van der Waals surface area (Å²) in [6.45, 7) is 2.84. The van der Waals surface area contributed by atoms with Crippen molar-refractivity contribution in [3.63, 3.8) is 0 Å². The molecule has 0 fully saturated rings. The van der Waals surface area contributed by atoms with Crippen molar-refractivity contribution in [1.82, 2.24) is 4.90 Å². The van der Waals surface area contributed by atoms with Crippen molar-refractivity contribution in [2.24, 2.45) is 0 Å². The number of carbonyl (C=O) groups excluding carboxylic acids is 2. The summed E-state index contributed by atoms with van der Waals surface area (Å²) in [5, 5.41) is 2.76. The van der Waals surface area contributed by atoms with Gasteiger partial charge in [0.1, 0.15) is 8.07 Å². The lowest BCUT2D eigenvalue weighted by atomic mass is 10.1. The number of nitrogens with zero attached hydrogens (tertiary/aromatic N) is 1. The zero-order valence-electron chi connectivity index (χ0n) is 16.0. The summed E-state index contributed by atoms with van der Waals surface area (Å²) in [6.07, 6.45) is 0.804. The van der Waals surface area contributed by atoms with Crippen molar-refractivity contribution in [1.29, 1.82) is 0 Å². The molecule has 4 rings (SSSR count). The highest BCUT2D eigenvalue weighted by molar-refractivity contribution is 7.01. The van der Waals surface area contributed by atoms with Crippen molar-refractivity contribution in [3.8, 4) is 0 Å². The fraction of sp³-hybridized carbons (Fsp3) is 0.167. The molecule has 0 unspecified atom stereocenters. The van der Waals surface area contributed by atoms with E-state index in [1.807, 2.05) is 24.3 Å². The van der Waals surface area contributed by atoms with Crippen molar-refractivity contribution in [2.75, 3.05) is 6.54 Å². The molecule has 3 aromatic carbocycles. The Hall–Kier alpha value is -2.98. The van der Waals surface area contributed by atoms with Gasteiger partial charge in [0.15, 0.2) is 0 Å². The number of imide groups is 1. The molecular weight excluding hydrogens is 362 g/mol. The molecule has 1 aliphatic heterocycles. The second kappa shape index (κ2) is 7.56. The van der Waals surface area contributed by atoms with Crippen LogP contribution in [-0.4, -0.2) is 31.3 Å². The summed E-state index contributed by atoms with van der Waals surface area (Å²) >= 11 is 0. The molecule has 0 bridgehead atoms. The average molecular weight is 386 g/mol. The normalized spacial score (nSPS) is 13.7. The first kappa shape index (κ1) is 18.4. The lowest BCUT2D eigenvalue weighted by Crippen LogP contribution is -2.55. The Labute approximate surface area is 166 Å². The van der Waals surface area contributed by atoms with E-state index in [2.05, 4.69) is 55.1 Å². The molecule has 0 aromatic heterocycles.